The highest BCUT2D eigenvalue weighted by molar-refractivity contribution is 6.24. The van der Waals surface area contributed by atoms with Crippen LogP contribution in [0.5, 0.6) is 5.75 Å². The Hall–Kier alpha value is -3.81. The van der Waals surface area contributed by atoms with Crippen molar-refractivity contribution in [3.63, 3.8) is 0 Å². The molecule has 0 aromatic heterocycles. The van der Waals surface area contributed by atoms with Gasteiger partial charge < -0.3 is 9.84 Å². The second-order valence-corrected chi connectivity index (χ2v) is 9.71. The quantitative estimate of drug-likeness (QED) is 0.376. The number of fused-ring (bicyclic) bond motifs is 3. The van der Waals surface area contributed by atoms with E-state index in [1.54, 1.807) is 32.9 Å². The third-order valence-corrected chi connectivity index (χ3v) is 7.77. The van der Waals surface area contributed by atoms with Gasteiger partial charge in [-0.2, -0.15) is 4.90 Å². The standard InChI is InChI=1S/C27H25NO7/c1-11-7-14(8-12(2)23(11)30)20-15-5-6-16-21(26(33)28(25(16)32)27(34)35-4)17(15)10-18-22(20)19(29)9-13(3)24(18)31/h5,7-9,16-17,20-21,30H,6,10H2,1-4H3. The molecule has 1 fully saturated rings. The van der Waals surface area contributed by atoms with Crippen molar-refractivity contribution in [3.05, 3.63) is 63.3 Å². The molecule has 4 unspecified atom stereocenters. The number of hydrogen-bond donors (Lipinski definition) is 1. The highest BCUT2D eigenvalue weighted by Gasteiger charge is 2.58. The number of benzene rings is 1. The minimum atomic E-state index is -1.02. The Labute approximate surface area is 201 Å². The fourth-order valence-electron chi connectivity index (χ4n) is 6.19. The summed E-state index contributed by atoms with van der Waals surface area (Å²) >= 11 is 0. The van der Waals surface area contributed by atoms with Crippen molar-refractivity contribution in [1.29, 1.82) is 0 Å². The zero-order valence-corrected chi connectivity index (χ0v) is 19.9. The second kappa shape index (κ2) is 7.86. The molecule has 0 bridgehead atoms. The van der Waals surface area contributed by atoms with Crippen LogP contribution < -0.4 is 0 Å². The number of ether oxygens (including phenoxy) is 1. The van der Waals surface area contributed by atoms with E-state index in [-0.39, 0.29) is 30.2 Å². The van der Waals surface area contributed by atoms with Crippen LogP contribution in [0.4, 0.5) is 4.79 Å². The number of carbonyl (C=O) groups excluding carboxylic acids is 5. The number of imide groups is 3. The molecule has 4 atom stereocenters. The molecule has 8 heteroatoms. The van der Waals surface area contributed by atoms with Gasteiger partial charge in [0.15, 0.2) is 11.6 Å². The van der Waals surface area contributed by atoms with Gasteiger partial charge in [0.2, 0.25) is 11.8 Å². The monoisotopic (exact) mass is 475 g/mol. The first-order valence-electron chi connectivity index (χ1n) is 11.5. The van der Waals surface area contributed by atoms with E-state index >= 15 is 0 Å². The molecular weight excluding hydrogens is 450 g/mol. The van der Waals surface area contributed by atoms with Crippen molar-refractivity contribution < 1.29 is 33.8 Å². The lowest BCUT2D eigenvalue weighted by Crippen LogP contribution is -2.40. The molecule has 0 spiro atoms. The van der Waals surface area contributed by atoms with Crippen LogP contribution in [0.2, 0.25) is 0 Å². The lowest BCUT2D eigenvalue weighted by molar-refractivity contribution is -0.137. The van der Waals surface area contributed by atoms with Gasteiger partial charge >= 0.3 is 6.09 Å². The molecule has 8 nitrogen and oxygen atoms in total. The predicted molar refractivity (Wildman–Crippen MR) is 123 cm³/mol. The number of ketones is 2. The van der Waals surface area contributed by atoms with Crippen LogP contribution in [0, 0.1) is 31.6 Å². The molecule has 0 radical (unpaired) electrons. The second-order valence-electron chi connectivity index (χ2n) is 9.71. The SMILES string of the molecule is COC(=O)N1C(=O)C2CC=C3C(c4cc(C)c(O)c(C)c4)C4=C(CC3C2C1=O)C(=O)C(C)=CC4=O. The molecule has 3 amide bonds. The number of likely N-dealkylation sites (tertiary alicyclic amines) is 1. The fourth-order valence-corrected chi connectivity index (χ4v) is 6.19. The highest BCUT2D eigenvalue weighted by Crippen LogP contribution is 2.55. The molecule has 1 aromatic carbocycles. The molecule has 0 saturated carbocycles. The maximum Gasteiger partial charge on any atom is 0.423 e. The van der Waals surface area contributed by atoms with E-state index in [0.717, 1.165) is 18.2 Å². The normalized spacial score (nSPS) is 27.8. The number of phenolic OH excluding ortho intramolecular Hbond substituents is 1. The van der Waals surface area contributed by atoms with Gasteiger partial charge in [0.25, 0.3) is 0 Å². The van der Waals surface area contributed by atoms with Crippen LogP contribution in [-0.2, 0) is 23.9 Å². The largest absolute Gasteiger partial charge is 0.507 e. The highest BCUT2D eigenvalue weighted by atomic mass is 16.5. The van der Waals surface area contributed by atoms with E-state index in [1.807, 2.05) is 6.08 Å². The fraction of sp³-hybridized carbons (Fsp3) is 0.370. The van der Waals surface area contributed by atoms with Gasteiger partial charge in [-0.05, 0) is 62.3 Å². The summed E-state index contributed by atoms with van der Waals surface area (Å²) in [6, 6.07) is 3.58. The number of rotatable bonds is 1. The van der Waals surface area contributed by atoms with Gasteiger partial charge in [-0.1, -0.05) is 23.8 Å². The number of Topliss-reactive ketones (excluding diaryl/α,β-unsaturated/α-hetero) is 1. The minimum Gasteiger partial charge on any atom is -0.507 e. The number of methoxy groups -OCH3 is 1. The maximum atomic E-state index is 13.3. The van der Waals surface area contributed by atoms with Crippen molar-refractivity contribution in [2.75, 3.05) is 7.11 Å². The van der Waals surface area contributed by atoms with E-state index < -0.39 is 41.6 Å². The van der Waals surface area contributed by atoms with Gasteiger partial charge in [-0.3, -0.25) is 19.2 Å². The summed E-state index contributed by atoms with van der Waals surface area (Å²) in [5.74, 6) is -4.27. The zero-order chi connectivity index (χ0) is 25.3. The molecular formula is C27H25NO7. The summed E-state index contributed by atoms with van der Waals surface area (Å²) in [6.07, 6.45) is 2.59. The maximum absolute atomic E-state index is 13.3. The molecule has 1 aliphatic heterocycles. The van der Waals surface area contributed by atoms with Crippen molar-refractivity contribution in [2.45, 2.75) is 39.5 Å². The van der Waals surface area contributed by atoms with Crippen molar-refractivity contribution in [2.24, 2.45) is 17.8 Å². The van der Waals surface area contributed by atoms with Gasteiger partial charge in [-0.25, -0.2) is 4.79 Å². The Bertz CT molecular complexity index is 1320. The molecule has 4 aliphatic rings. The van der Waals surface area contributed by atoms with Crippen LogP contribution in [0.1, 0.15) is 42.4 Å². The topological polar surface area (TPSA) is 118 Å². The average molecular weight is 475 g/mol. The first kappa shape index (κ1) is 23.0. The molecule has 1 saturated heterocycles. The Morgan fingerprint density at radius 2 is 1.69 bits per heavy atom. The van der Waals surface area contributed by atoms with E-state index in [1.165, 1.54) is 6.08 Å². The van der Waals surface area contributed by atoms with Crippen LogP contribution in [-0.4, -0.2) is 46.6 Å². The summed E-state index contributed by atoms with van der Waals surface area (Å²) < 4.78 is 4.67. The van der Waals surface area contributed by atoms with Crippen molar-refractivity contribution >= 4 is 29.5 Å². The summed E-state index contributed by atoms with van der Waals surface area (Å²) in [6.45, 7) is 5.11. The van der Waals surface area contributed by atoms with E-state index in [9.17, 15) is 29.1 Å². The number of amides is 3. The number of aromatic hydroxyl groups is 1. The molecule has 35 heavy (non-hydrogen) atoms. The number of phenols is 1. The molecule has 1 N–H and O–H groups in total. The average Bonchev–Trinajstić information content (AvgIpc) is 3.08. The molecule has 3 aliphatic carbocycles. The van der Waals surface area contributed by atoms with Gasteiger partial charge in [0, 0.05) is 22.6 Å². The Morgan fingerprint density at radius 1 is 1.03 bits per heavy atom. The van der Waals surface area contributed by atoms with Crippen LogP contribution in [0.25, 0.3) is 0 Å². The molecule has 1 aromatic rings. The number of aryl methyl sites for hydroxylation is 2. The van der Waals surface area contributed by atoms with Gasteiger partial charge in [0.1, 0.15) is 5.75 Å². The van der Waals surface area contributed by atoms with Crippen LogP contribution in [0.3, 0.4) is 0 Å². The van der Waals surface area contributed by atoms with Gasteiger partial charge in [-0.15, -0.1) is 0 Å². The summed E-state index contributed by atoms with van der Waals surface area (Å²) in [4.78, 5) is 65.5. The number of carbonyl (C=O) groups is 5. The first-order chi connectivity index (χ1) is 16.6. The number of allylic oxidation sites excluding steroid dienone is 6. The first-order valence-corrected chi connectivity index (χ1v) is 11.5. The lowest BCUT2D eigenvalue weighted by atomic mass is 9.59. The Balaban J connectivity index is 1.70. The predicted octanol–water partition coefficient (Wildman–Crippen LogP) is 3.20. The van der Waals surface area contributed by atoms with Crippen LogP contribution in [0.15, 0.2) is 46.6 Å². The number of hydrogen-bond acceptors (Lipinski definition) is 7. The van der Waals surface area contributed by atoms with E-state index in [2.05, 4.69) is 4.74 Å². The summed E-state index contributed by atoms with van der Waals surface area (Å²) in [7, 11) is 1.11. The summed E-state index contributed by atoms with van der Waals surface area (Å²) in [5, 5.41) is 10.3. The third kappa shape index (κ3) is 3.16. The lowest BCUT2D eigenvalue weighted by Gasteiger charge is -2.42. The smallest absolute Gasteiger partial charge is 0.423 e. The zero-order valence-electron chi connectivity index (χ0n) is 19.9. The molecule has 180 valence electrons. The molecule has 5 rings (SSSR count). The van der Waals surface area contributed by atoms with Crippen molar-refractivity contribution in [1.82, 2.24) is 4.90 Å². The van der Waals surface area contributed by atoms with Crippen molar-refractivity contribution in [3.8, 4) is 5.75 Å². The minimum absolute atomic E-state index is 0.138. The van der Waals surface area contributed by atoms with Gasteiger partial charge in [0.05, 0.1) is 18.9 Å². The van der Waals surface area contributed by atoms with E-state index in [0.29, 0.717) is 32.7 Å². The Morgan fingerprint density at radius 3 is 2.31 bits per heavy atom. The number of nitrogens with zero attached hydrogens (tertiary/aromatic N) is 1. The summed E-state index contributed by atoms with van der Waals surface area (Å²) in [5.41, 5.74) is 3.84. The molecule has 1 heterocycles. The van der Waals surface area contributed by atoms with E-state index in [4.69, 9.17) is 0 Å². The Kier molecular flexibility index (Phi) is 5.16. The van der Waals surface area contributed by atoms with Crippen LogP contribution >= 0.6 is 0 Å². The third-order valence-electron chi connectivity index (χ3n) is 7.77.